The summed E-state index contributed by atoms with van der Waals surface area (Å²) >= 11 is 13.5. The van der Waals surface area contributed by atoms with Crippen LogP contribution >= 0.6 is 62.6 Å². The molecule has 2 N–H and O–H groups in total. The number of hydrogen-bond acceptors (Lipinski definition) is 14. The molecule has 4 heterocycles. The van der Waals surface area contributed by atoms with Crippen LogP contribution in [0, 0.1) is 0 Å². The first-order valence-electron chi connectivity index (χ1n) is 16.4. The Labute approximate surface area is 304 Å². The SMILES string of the molecule is CCBr.CCCCN=C(SCC)c1nnc(N2CCN(C)CC2)s1.CCCCNC(=S)c1nnc(N2CCN(C)CC2)s1.CCO. The summed E-state index contributed by atoms with van der Waals surface area (Å²) in [6.45, 7) is 20.7. The number of aliphatic imine (C=N–C) groups is 1. The molecule has 11 nitrogen and oxygen atoms in total. The minimum absolute atomic E-state index is 0.250. The number of nitrogens with zero attached hydrogens (tertiary/aromatic N) is 9. The number of rotatable bonds is 11. The molecule has 2 aliphatic heterocycles. The van der Waals surface area contributed by atoms with E-state index in [0.717, 1.165) is 126 Å². The van der Waals surface area contributed by atoms with E-state index in [0.29, 0.717) is 0 Å². The highest BCUT2D eigenvalue weighted by Crippen LogP contribution is 2.25. The molecule has 0 aromatic carbocycles. The van der Waals surface area contributed by atoms with E-state index in [1.807, 2.05) is 6.92 Å². The lowest BCUT2D eigenvalue weighted by Crippen LogP contribution is -2.44. The molecule has 2 aromatic heterocycles. The van der Waals surface area contributed by atoms with Gasteiger partial charge in [0.2, 0.25) is 10.3 Å². The predicted octanol–water partition coefficient (Wildman–Crippen LogP) is 5.34. The van der Waals surface area contributed by atoms with Gasteiger partial charge in [0, 0.05) is 77.4 Å². The third-order valence-corrected chi connectivity index (χ3v) is 10.1. The smallest absolute Gasteiger partial charge is 0.208 e. The highest BCUT2D eigenvalue weighted by molar-refractivity contribution is 9.09. The molecule has 0 atom stereocenters. The average Bonchev–Trinajstić information content (AvgIpc) is 3.74. The van der Waals surface area contributed by atoms with E-state index >= 15 is 0 Å². The van der Waals surface area contributed by atoms with Crippen LogP contribution in [0.3, 0.4) is 0 Å². The molecule has 2 aliphatic rings. The van der Waals surface area contributed by atoms with Gasteiger partial charge in [-0.25, -0.2) is 0 Å². The number of anilines is 2. The van der Waals surface area contributed by atoms with Crippen molar-refractivity contribution in [2.24, 2.45) is 4.99 Å². The van der Waals surface area contributed by atoms with Gasteiger partial charge in [0.05, 0.1) is 0 Å². The van der Waals surface area contributed by atoms with Crippen LogP contribution in [-0.4, -0.2) is 143 Å². The maximum Gasteiger partial charge on any atom is 0.208 e. The highest BCUT2D eigenvalue weighted by atomic mass is 79.9. The number of aliphatic hydroxyl groups excluding tert-OH is 1. The van der Waals surface area contributed by atoms with Crippen molar-refractivity contribution in [2.45, 2.75) is 60.3 Å². The maximum atomic E-state index is 7.57. The summed E-state index contributed by atoms with van der Waals surface area (Å²) in [5.74, 6) is 1.02. The molecule has 46 heavy (non-hydrogen) atoms. The van der Waals surface area contributed by atoms with Crippen molar-refractivity contribution >= 4 is 82.9 Å². The van der Waals surface area contributed by atoms with Crippen LogP contribution < -0.4 is 15.1 Å². The Bertz CT molecular complexity index is 1070. The molecule has 264 valence electrons. The zero-order chi connectivity index (χ0) is 34.2. The number of thioether (sulfide) groups is 1. The first-order valence-corrected chi connectivity index (χ1v) is 20.6. The normalized spacial score (nSPS) is 15.6. The van der Waals surface area contributed by atoms with E-state index in [2.05, 4.69) is 96.1 Å². The van der Waals surface area contributed by atoms with Crippen molar-refractivity contribution in [3.63, 3.8) is 0 Å². The van der Waals surface area contributed by atoms with Gasteiger partial charge >= 0.3 is 0 Å². The molecule has 2 aromatic rings. The summed E-state index contributed by atoms with van der Waals surface area (Å²) in [5.41, 5.74) is 0. The van der Waals surface area contributed by atoms with Crippen molar-refractivity contribution in [3.05, 3.63) is 10.0 Å². The lowest BCUT2D eigenvalue weighted by Gasteiger charge is -2.31. The number of unbranched alkanes of at least 4 members (excludes halogenated alkanes) is 2. The molecule has 2 saturated heterocycles. The van der Waals surface area contributed by atoms with Crippen LogP contribution in [0.1, 0.15) is 70.3 Å². The molecule has 0 radical (unpaired) electrons. The highest BCUT2D eigenvalue weighted by Gasteiger charge is 2.20. The van der Waals surface area contributed by atoms with Gasteiger partial charge in [-0.15, -0.1) is 32.2 Å². The van der Waals surface area contributed by atoms with E-state index in [9.17, 15) is 0 Å². The number of thiocarbonyl (C=S) groups is 1. The lowest BCUT2D eigenvalue weighted by atomic mass is 10.3. The Hall–Kier alpha value is -1.01. The maximum absolute atomic E-state index is 7.57. The fraction of sp³-hybridized carbons (Fsp3) is 0.800. The van der Waals surface area contributed by atoms with E-state index in [1.165, 1.54) is 6.42 Å². The summed E-state index contributed by atoms with van der Waals surface area (Å²) in [5, 5.41) is 34.0. The van der Waals surface area contributed by atoms with Gasteiger partial charge in [-0.1, -0.05) is 91.4 Å². The van der Waals surface area contributed by atoms with Crippen LogP contribution in [0.15, 0.2) is 4.99 Å². The Balaban J connectivity index is 0.000000394. The molecule has 16 heteroatoms. The molecular weight excluding hydrogens is 725 g/mol. The minimum Gasteiger partial charge on any atom is -0.397 e. The second-order valence-electron chi connectivity index (χ2n) is 10.5. The third-order valence-electron chi connectivity index (χ3n) is 6.62. The van der Waals surface area contributed by atoms with Crippen molar-refractivity contribution < 1.29 is 5.11 Å². The molecule has 0 unspecified atom stereocenters. The number of halogens is 1. The molecule has 0 spiro atoms. The quantitative estimate of drug-likeness (QED) is 0.101. The van der Waals surface area contributed by atoms with E-state index in [1.54, 1.807) is 41.4 Å². The summed E-state index contributed by atoms with van der Waals surface area (Å²) < 4.78 is 0. The molecule has 0 bridgehead atoms. The van der Waals surface area contributed by atoms with E-state index in [-0.39, 0.29) is 6.61 Å². The van der Waals surface area contributed by atoms with Crippen LogP contribution in [0.5, 0.6) is 0 Å². The number of piperazine rings is 2. The molecule has 4 rings (SSSR count). The van der Waals surface area contributed by atoms with Crippen molar-refractivity contribution in [1.29, 1.82) is 0 Å². The number of likely N-dealkylation sites (N-methyl/N-ethyl adjacent to an activating group) is 2. The van der Waals surface area contributed by atoms with Gasteiger partial charge < -0.3 is 30.0 Å². The minimum atomic E-state index is 0.250. The fourth-order valence-electron chi connectivity index (χ4n) is 3.96. The Morgan fingerprint density at radius 2 is 1.28 bits per heavy atom. The Kier molecular flexibility index (Phi) is 25.1. The second kappa shape index (κ2) is 26.9. The Morgan fingerprint density at radius 1 is 0.826 bits per heavy atom. The van der Waals surface area contributed by atoms with Gasteiger partial charge in [-0.2, -0.15) is 0 Å². The Morgan fingerprint density at radius 3 is 1.74 bits per heavy atom. The van der Waals surface area contributed by atoms with Crippen molar-refractivity contribution in [1.82, 2.24) is 35.5 Å². The van der Waals surface area contributed by atoms with Gasteiger partial charge in [-0.3, -0.25) is 4.99 Å². The topological polar surface area (TPSA) is 109 Å². The number of aromatic nitrogens is 4. The lowest BCUT2D eigenvalue weighted by molar-refractivity contribution is 0.312. The molecule has 2 fully saturated rings. The van der Waals surface area contributed by atoms with Crippen LogP contribution in [0.4, 0.5) is 10.3 Å². The van der Waals surface area contributed by atoms with Crippen molar-refractivity contribution in [3.8, 4) is 0 Å². The second-order valence-corrected chi connectivity index (χ2v) is 15.2. The average molecular weight is 782 g/mol. The predicted molar refractivity (Wildman–Crippen MR) is 211 cm³/mol. The molecule has 0 amide bonds. The first-order chi connectivity index (χ1) is 22.3. The van der Waals surface area contributed by atoms with Gasteiger partial charge in [-0.05, 0) is 39.6 Å². The fourth-order valence-corrected chi connectivity index (χ4v) is 6.77. The molecule has 0 saturated carbocycles. The summed E-state index contributed by atoms with van der Waals surface area (Å²) in [4.78, 5) is 14.7. The largest absolute Gasteiger partial charge is 0.397 e. The van der Waals surface area contributed by atoms with E-state index < -0.39 is 0 Å². The van der Waals surface area contributed by atoms with Crippen LogP contribution in [0.2, 0.25) is 0 Å². The van der Waals surface area contributed by atoms with Crippen LogP contribution in [-0.2, 0) is 0 Å². The zero-order valence-electron chi connectivity index (χ0n) is 29.0. The van der Waals surface area contributed by atoms with Gasteiger partial charge in [0.15, 0.2) is 10.0 Å². The van der Waals surface area contributed by atoms with E-state index in [4.69, 9.17) is 22.3 Å². The molecule has 0 aliphatic carbocycles. The standard InChI is InChI=1S/C14H25N5S2.C12H21N5S2.C2H5Br.C2H6O/c1-4-6-7-15-12(20-5-2)13-16-17-14(21-13)19-10-8-18(3)9-11-19;1-3-4-5-13-10(18)11-14-15-12(19-11)17-8-6-16(2)7-9-17;2*1-2-3/h4-11H2,1-3H3;3-9H2,1-2H3,(H,13,18);2H2,1H3;3H,2H2,1H3. The van der Waals surface area contributed by atoms with Crippen molar-refractivity contribution in [2.75, 3.05) is 107 Å². The summed E-state index contributed by atoms with van der Waals surface area (Å²) in [6.07, 6.45) is 4.61. The summed E-state index contributed by atoms with van der Waals surface area (Å²) in [7, 11) is 4.31. The monoisotopic (exact) mass is 780 g/mol. The van der Waals surface area contributed by atoms with Crippen LogP contribution in [0.25, 0.3) is 0 Å². The number of aliphatic hydroxyl groups is 1. The van der Waals surface area contributed by atoms with Gasteiger partial charge in [0.1, 0.15) is 10.0 Å². The first kappa shape index (κ1) is 43.0. The zero-order valence-corrected chi connectivity index (χ0v) is 33.9. The summed E-state index contributed by atoms with van der Waals surface area (Å²) in [6, 6.07) is 0. The van der Waals surface area contributed by atoms with Gasteiger partial charge in [0.25, 0.3) is 0 Å². The number of hydrogen-bond donors (Lipinski definition) is 2. The third kappa shape index (κ3) is 17.4. The number of alkyl halides is 1. The molecular formula is C30H57BrN10OS4. The number of nitrogens with one attached hydrogen (secondary N) is 1.